The Morgan fingerprint density at radius 3 is 2.32 bits per heavy atom. The van der Waals surface area contributed by atoms with Crippen LogP contribution in [0.1, 0.15) is 0 Å². The molecule has 0 aliphatic rings. The highest BCUT2D eigenvalue weighted by Gasteiger charge is 2.25. The largest absolute Gasteiger partial charge is 0.472 e. The molecule has 0 saturated heterocycles. The van der Waals surface area contributed by atoms with E-state index in [0.717, 1.165) is 6.26 Å². The third-order valence-electron chi connectivity index (χ3n) is 2.08. The fraction of sp³-hybridized carbons (Fsp3) is 0.778. The van der Waals surface area contributed by atoms with Gasteiger partial charge >= 0.3 is 15.6 Å². The highest BCUT2D eigenvalue weighted by Crippen LogP contribution is 2.43. The summed E-state index contributed by atoms with van der Waals surface area (Å²) in [6.45, 7) is 1.85. The van der Waals surface area contributed by atoms with Crippen LogP contribution in [0.3, 0.4) is 0 Å². The summed E-state index contributed by atoms with van der Waals surface area (Å²) >= 11 is 0. The normalized spacial score (nSPS) is 15.5. The van der Waals surface area contributed by atoms with Crippen LogP contribution in [0.4, 0.5) is 0 Å². The van der Waals surface area contributed by atoms with Crippen LogP contribution in [0.25, 0.3) is 0 Å². The van der Waals surface area contributed by atoms with Gasteiger partial charge in [-0.15, -0.1) is 0 Å². The van der Waals surface area contributed by atoms with Crippen molar-refractivity contribution in [3.63, 3.8) is 0 Å². The minimum atomic E-state index is -4.66. The molecule has 0 aliphatic carbocycles. The van der Waals surface area contributed by atoms with Crippen molar-refractivity contribution in [1.29, 1.82) is 0 Å². The number of phosphoric acid groups is 2. The van der Waals surface area contributed by atoms with Gasteiger partial charge in [-0.05, 0) is 12.1 Å². The van der Waals surface area contributed by atoms with E-state index in [2.05, 4.69) is 45.8 Å². The smallest absolute Gasteiger partial charge is 0.319 e. The summed E-state index contributed by atoms with van der Waals surface area (Å²) in [5.74, 6) is -0.614. The van der Waals surface area contributed by atoms with Crippen molar-refractivity contribution in [3.8, 4) is 0 Å². The Bertz CT molecular complexity index is 443. The maximum absolute atomic E-state index is 11.6. The number of hydrogen-bond donors (Lipinski definition) is 4. The Morgan fingerprint density at radius 1 is 1.04 bits per heavy atom. The summed E-state index contributed by atoms with van der Waals surface area (Å²) in [5, 5.41) is 14.4. The van der Waals surface area contributed by atoms with Gasteiger partial charge in [0.1, 0.15) is 12.9 Å². The Kier molecular flexibility index (Phi) is 13.5. The van der Waals surface area contributed by atoms with Crippen molar-refractivity contribution >= 4 is 15.6 Å². The molecule has 0 fully saturated rings. The van der Waals surface area contributed by atoms with Gasteiger partial charge in [-0.3, -0.25) is 13.6 Å². The first kappa shape index (κ1) is 24.6. The van der Waals surface area contributed by atoms with E-state index < -0.39 is 34.8 Å². The second kappa shape index (κ2) is 13.7. The Labute approximate surface area is 143 Å². The van der Waals surface area contributed by atoms with E-state index in [0.29, 0.717) is 0 Å². The molecule has 0 aliphatic heterocycles. The first-order valence-corrected chi connectivity index (χ1v) is 9.58. The van der Waals surface area contributed by atoms with E-state index >= 15 is 0 Å². The third-order valence-corrected chi connectivity index (χ3v) is 3.55. The van der Waals surface area contributed by atoms with Gasteiger partial charge in [0, 0.05) is 22.5 Å². The van der Waals surface area contributed by atoms with E-state index in [-0.39, 0.29) is 19.8 Å². The maximum atomic E-state index is 11.6. The van der Waals surface area contributed by atoms with Crippen molar-refractivity contribution < 1.29 is 62.3 Å². The standard InChI is InChI=1S/C9H21NO13P2/c1-3-16-21-23-22-17-4-5-18-25(14,15)20-8-9(6-10-2)7-19-24(11,12)13/h3,9-10H,1,4-8H2,2H3,(H,14,15)(H2,11,12,13). The van der Waals surface area contributed by atoms with Gasteiger partial charge in [0.25, 0.3) is 0 Å². The van der Waals surface area contributed by atoms with Crippen molar-refractivity contribution in [2.45, 2.75) is 0 Å². The van der Waals surface area contributed by atoms with Crippen LogP contribution in [-0.4, -0.2) is 54.7 Å². The van der Waals surface area contributed by atoms with Crippen molar-refractivity contribution in [3.05, 3.63) is 12.8 Å². The van der Waals surface area contributed by atoms with Crippen molar-refractivity contribution in [1.82, 2.24) is 5.32 Å². The third kappa shape index (κ3) is 16.8. The molecule has 4 N–H and O–H groups in total. The summed E-state index contributed by atoms with van der Waals surface area (Å²) in [7, 11) is -7.51. The zero-order valence-electron chi connectivity index (χ0n) is 13.2. The average molecular weight is 413 g/mol. The Hall–Kier alpha value is -0.440. The van der Waals surface area contributed by atoms with E-state index in [9.17, 15) is 14.0 Å². The number of nitrogens with one attached hydrogen (secondary N) is 1. The second-order valence-electron chi connectivity index (χ2n) is 4.10. The first-order valence-electron chi connectivity index (χ1n) is 6.56. The first-order chi connectivity index (χ1) is 11.7. The van der Waals surface area contributed by atoms with Crippen LogP contribution < -0.4 is 5.32 Å². The summed E-state index contributed by atoms with van der Waals surface area (Å²) in [6.07, 6.45) is 0.901. The molecular weight excluding hydrogens is 392 g/mol. The molecule has 150 valence electrons. The van der Waals surface area contributed by atoms with Crippen LogP contribution in [0.2, 0.25) is 0 Å². The SMILES string of the molecule is C=COOOOOCCOP(=O)(O)OCC(CNC)COP(=O)(O)O. The number of rotatable bonds is 17. The molecule has 0 saturated carbocycles. The van der Waals surface area contributed by atoms with Crippen LogP contribution in [0, 0.1) is 5.92 Å². The zero-order valence-corrected chi connectivity index (χ0v) is 15.0. The quantitative estimate of drug-likeness (QED) is 0.0819. The Morgan fingerprint density at radius 2 is 1.72 bits per heavy atom. The Balaban J connectivity index is 3.96. The summed E-state index contributed by atoms with van der Waals surface area (Å²) < 4.78 is 35.8. The molecule has 0 amide bonds. The van der Waals surface area contributed by atoms with Gasteiger partial charge in [-0.1, -0.05) is 6.58 Å². The van der Waals surface area contributed by atoms with Crippen molar-refractivity contribution in [2.75, 3.05) is 40.0 Å². The molecule has 25 heavy (non-hydrogen) atoms. The molecule has 0 bridgehead atoms. The zero-order chi connectivity index (χ0) is 19.2. The minimum Gasteiger partial charge on any atom is -0.319 e. The molecular formula is C9H21NO13P2. The fourth-order valence-electron chi connectivity index (χ4n) is 1.19. The van der Waals surface area contributed by atoms with Gasteiger partial charge in [-0.2, -0.15) is 0 Å². The maximum Gasteiger partial charge on any atom is 0.472 e. The van der Waals surface area contributed by atoms with Gasteiger partial charge in [0.15, 0.2) is 0 Å². The topological polar surface area (TPSA) is 181 Å². The molecule has 0 aromatic heterocycles. The molecule has 2 unspecified atom stereocenters. The lowest BCUT2D eigenvalue weighted by atomic mass is 10.2. The molecule has 0 spiro atoms. The summed E-state index contributed by atoms with van der Waals surface area (Å²) in [4.78, 5) is 35.1. The van der Waals surface area contributed by atoms with Gasteiger partial charge < -0.3 is 24.9 Å². The van der Waals surface area contributed by atoms with Crippen molar-refractivity contribution in [2.24, 2.45) is 5.92 Å². The minimum absolute atomic E-state index is 0.209. The summed E-state index contributed by atoms with van der Waals surface area (Å²) in [5.41, 5.74) is 0. The molecule has 0 radical (unpaired) electrons. The van der Waals surface area contributed by atoms with Gasteiger partial charge in [0.2, 0.25) is 0 Å². The number of hydrogen-bond acceptors (Lipinski definition) is 11. The molecule has 0 rings (SSSR count). The average Bonchev–Trinajstić information content (AvgIpc) is 2.52. The van der Waals surface area contributed by atoms with Crippen LogP contribution in [0.5, 0.6) is 0 Å². The lowest BCUT2D eigenvalue weighted by molar-refractivity contribution is -0.700. The van der Waals surface area contributed by atoms with E-state index in [1.165, 1.54) is 0 Å². The van der Waals surface area contributed by atoms with Gasteiger partial charge in [-0.25, -0.2) is 14.0 Å². The van der Waals surface area contributed by atoms with Crippen LogP contribution in [-0.2, 0) is 47.6 Å². The monoisotopic (exact) mass is 413 g/mol. The summed E-state index contributed by atoms with van der Waals surface area (Å²) in [6, 6.07) is 0. The van der Waals surface area contributed by atoms with E-state index in [1.807, 2.05) is 0 Å². The molecule has 0 aromatic rings. The fourth-order valence-corrected chi connectivity index (χ4v) is 2.37. The lowest BCUT2D eigenvalue weighted by Gasteiger charge is -2.19. The van der Waals surface area contributed by atoms with Crippen LogP contribution in [0.15, 0.2) is 12.8 Å². The molecule has 0 heterocycles. The van der Waals surface area contributed by atoms with Crippen LogP contribution >= 0.6 is 15.6 Å². The van der Waals surface area contributed by atoms with E-state index in [4.69, 9.17) is 14.3 Å². The molecule has 16 heteroatoms. The van der Waals surface area contributed by atoms with Gasteiger partial charge in [0.05, 0.1) is 19.8 Å². The molecule has 0 aromatic carbocycles. The molecule has 14 nitrogen and oxygen atoms in total. The highest BCUT2D eigenvalue weighted by atomic mass is 31.2. The predicted molar refractivity (Wildman–Crippen MR) is 77.6 cm³/mol. The van der Waals surface area contributed by atoms with E-state index in [1.54, 1.807) is 7.05 Å². The number of phosphoric ester groups is 2. The predicted octanol–water partition coefficient (Wildman–Crippen LogP) is -0.0486. The molecule has 2 atom stereocenters. The second-order valence-corrected chi connectivity index (χ2v) is 6.79. The lowest BCUT2D eigenvalue weighted by Crippen LogP contribution is -2.26. The highest BCUT2D eigenvalue weighted by molar-refractivity contribution is 7.47.